The summed E-state index contributed by atoms with van der Waals surface area (Å²) in [6, 6.07) is 0. The number of carbonyl (C=O) groups excluding carboxylic acids is 2. The molecular weight excluding hydrogens is 489 g/mol. The smallest absolute Gasteiger partial charge is 0.347 e. The molecule has 4 rings (SSSR count). The predicted molar refractivity (Wildman–Crippen MR) is 129 cm³/mol. The van der Waals surface area contributed by atoms with Crippen molar-refractivity contribution in [3.63, 3.8) is 0 Å². The molecule has 12 heteroatoms. The van der Waals surface area contributed by atoms with E-state index in [9.17, 15) is 9.59 Å². The zero-order valence-corrected chi connectivity index (χ0v) is 20.3. The van der Waals surface area contributed by atoms with E-state index in [1.54, 1.807) is 26.2 Å². The topological polar surface area (TPSA) is 102 Å². The molecule has 2 N–H and O–H groups in total. The molecular formula is C20H18N4O4S4. The quantitative estimate of drug-likeness (QED) is 0.533. The largest absolute Gasteiger partial charge is 0.462 e. The third kappa shape index (κ3) is 5.09. The molecule has 0 spiro atoms. The highest BCUT2D eigenvalue weighted by molar-refractivity contribution is 8.08. The van der Waals surface area contributed by atoms with Crippen LogP contribution in [0.2, 0.25) is 0 Å². The lowest BCUT2D eigenvalue weighted by Gasteiger charge is -2.10. The Labute approximate surface area is 200 Å². The first-order chi connectivity index (χ1) is 15.6. The standard InChI is InChI=1S/C20H18N4O4S4/c1-3-27-19(25)17-15(23-13(31-17)9-11-21-5-7-29-11)16-18(20(26)28-4-2)32-14(24-16)10-12-22-6-8-30-12/h5-10,23-24H,3-4H2,1-2H3/b13-9+,14-10?. The van der Waals surface area contributed by atoms with Gasteiger partial charge in [-0.1, -0.05) is 23.5 Å². The Balaban J connectivity index is 1.73. The summed E-state index contributed by atoms with van der Waals surface area (Å²) in [5.41, 5.74) is 0.934. The average Bonchev–Trinajstić information content (AvgIpc) is 3.56. The number of ether oxygens (including phenoxy) is 2. The average molecular weight is 507 g/mol. The van der Waals surface area contributed by atoms with Gasteiger partial charge in [0.2, 0.25) is 0 Å². The van der Waals surface area contributed by atoms with Crippen LogP contribution in [0.15, 0.2) is 54.4 Å². The van der Waals surface area contributed by atoms with Crippen LogP contribution in [0.5, 0.6) is 0 Å². The molecule has 0 fully saturated rings. The summed E-state index contributed by atoms with van der Waals surface area (Å²) >= 11 is 5.45. The van der Waals surface area contributed by atoms with E-state index < -0.39 is 11.9 Å². The molecule has 0 amide bonds. The Morgan fingerprint density at radius 2 is 1.28 bits per heavy atom. The van der Waals surface area contributed by atoms with Crippen molar-refractivity contribution in [2.75, 3.05) is 13.2 Å². The lowest BCUT2D eigenvalue weighted by atomic mass is 10.2. The fraction of sp³-hybridized carbons (Fsp3) is 0.200. The predicted octanol–water partition coefficient (Wildman–Crippen LogP) is 4.12. The highest BCUT2D eigenvalue weighted by atomic mass is 32.2. The first kappa shape index (κ1) is 22.6. The van der Waals surface area contributed by atoms with Gasteiger partial charge in [-0.15, -0.1) is 22.7 Å². The van der Waals surface area contributed by atoms with Gasteiger partial charge in [0, 0.05) is 35.3 Å². The molecule has 4 heterocycles. The van der Waals surface area contributed by atoms with Crippen LogP contribution in [-0.4, -0.2) is 35.1 Å². The van der Waals surface area contributed by atoms with Crippen molar-refractivity contribution in [2.24, 2.45) is 0 Å². The molecule has 0 aliphatic carbocycles. The SMILES string of the molecule is CCOC(=O)C1=C(C2=C(C(=O)OCC)S/C(=C/c3nccs3)N2)NC(=Cc2nccs2)S1. The summed E-state index contributed by atoms with van der Waals surface area (Å²) in [5, 5.41) is 13.3. The summed E-state index contributed by atoms with van der Waals surface area (Å²) in [5.74, 6) is -0.940. The Hall–Kier alpha value is -2.54. The number of hydrogen-bond donors (Lipinski definition) is 2. The van der Waals surface area contributed by atoms with E-state index in [1.165, 1.54) is 46.2 Å². The molecule has 0 bridgehead atoms. The van der Waals surface area contributed by atoms with Crippen LogP contribution in [0.4, 0.5) is 0 Å². The Bertz CT molecular complexity index is 1040. The maximum absolute atomic E-state index is 12.7. The van der Waals surface area contributed by atoms with Gasteiger partial charge in [-0.25, -0.2) is 19.6 Å². The molecule has 2 aromatic rings. The highest BCUT2D eigenvalue weighted by Crippen LogP contribution is 2.44. The molecule has 0 unspecified atom stereocenters. The van der Waals surface area contributed by atoms with Crippen molar-refractivity contribution >= 4 is 70.3 Å². The summed E-state index contributed by atoms with van der Waals surface area (Å²) in [4.78, 5) is 34.7. The number of hydrogen-bond acceptors (Lipinski definition) is 12. The van der Waals surface area contributed by atoms with Crippen molar-refractivity contribution in [1.29, 1.82) is 0 Å². The number of nitrogens with one attached hydrogen (secondary N) is 2. The number of thioether (sulfide) groups is 2. The van der Waals surface area contributed by atoms with Gasteiger partial charge in [0.15, 0.2) is 0 Å². The zero-order valence-electron chi connectivity index (χ0n) is 17.0. The Morgan fingerprint density at radius 3 is 1.62 bits per heavy atom. The second kappa shape index (κ2) is 10.4. The molecule has 0 saturated carbocycles. The van der Waals surface area contributed by atoms with E-state index in [0.29, 0.717) is 31.3 Å². The monoisotopic (exact) mass is 506 g/mol. The van der Waals surface area contributed by atoms with Crippen molar-refractivity contribution < 1.29 is 19.1 Å². The molecule has 2 aliphatic heterocycles. The molecule has 0 atom stereocenters. The van der Waals surface area contributed by atoms with Gasteiger partial charge in [-0.3, -0.25) is 0 Å². The lowest BCUT2D eigenvalue weighted by molar-refractivity contribution is -0.138. The molecule has 0 radical (unpaired) electrons. The van der Waals surface area contributed by atoms with Crippen molar-refractivity contribution in [3.8, 4) is 0 Å². The molecule has 2 aliphatic rings. The number of thiazole rings is 2. The number of nitrogens with zero attached hydrogens (tertiary/aromatic N) is 2. The maximum Gasteiger partial charge on any atom is 0.347 e. The number of aromatic nitrogens is 2. The van der Waals surface area contributed by atoms with Gasteiger partial charge in [0.05, 0.1) is 34.7 Å². The van der Waals surface area contributed by atoms with E-state index in [1.807, 2.05) is 22.9 Å². The highest BCUT2D eigenvalue weighted by Gasteiger charge is 2.36. The summed E-state index contributed by atoms with van der Waals surface area (Å²) < 4.78 is 10.5. The number of carbonyl (C=O) groups is 2. The second-order valence-corrected chi connectivity index (χ2v) is 10.0. The van der Waals surface area contributed by atoms with E-state index in [-0.39, 0.29) is 13.2 Å². The summed E-state index contributed by atoms with van der Waals surface area (Å²) in [6.45, 7) is 3.98. The van der Waals surface area contributed by atoms with E-state index in [0.717, 1.165) is 10.0 Å². The Kier molecular flexibility index (Phi) is 7.35. The van der Waals surface area contributed by atoms with E-state index in [2.05, 4.69) is 20.6 Å². The fourth-order valence-electron chi connectivity index (χ4n) is 2.73. The molecule has 32 heavy (non-hydrogen) atoms. The van der Waals surface area contributed by atoms with E-state index >= 15 is 0 Å². The van der Waals surface area contributed by atoms with E-state index in [4.69, 9.17) is 9.47 Å². The van der Waals surface area contributed by atoms with Crippen LogP contribution in [0, 0.1) is 0 Å². The minimum atomic E-state index is -0.470. The number of rotatable bonds is 7. The van der Waals surface area contributed by atoms with Crippen molar-refractivity contribution in [1.82, 2.24) is 20.6 Å². The zero-order chi connectivity index (χ0) is 22.5. The van der Waals surface area contributed by atoms with Crippen LogP contribution in [0.1, 0.15) is 23.9 Å². The third-order valence-corrected chi connectivity index (χ3v) is 7.43. The summed E-state index contributed by atoms with van der Waals surface area (Å²) in [6.07, 6.45) is 7.12. The maximum atomic E-state index is 12.7. The van der Waals surface area contributed by atoms with Gasteiger partial charge < -0.3 is 20.1 Å². The third-order valence-electron chi connectivity index (χ3n) is 3.96. The lowest BCUT2D eigenvalue weighted by Crippen LogP contribution is -2.20. The van der Waals surface area contributed by atoms with Gasteiger partial charge in [-0.2, -0.15) is 0 Å². The molecule has 0 saturated heterocycles. The molecule has 0 aromatic carbocycles. The minimum absolute atomic E-state index is 0.239. The molecule has 8 nitrogen and oxygen atoms in total. The van der Waals surface area contributed by atoms with Crippen molar-refractivity contribution in [3.05, 3.63) is 64.4 Å². The fourth-order valence-corrected chi connectivity index (χ4v) is 5.90. The van der Waals surface area contributed by atoms with Gasteiger partial charge >= 0.3 is 11.9 Å². The van der Waals surface area contributed by atoms with Crippen LogP contribution >= 0.6 is 46.2 Å². The van der Waals surface area contributed by atoms with Gasteiger partial charge in [0.25, 0.3) is 0 Å². The van der Waals surface area contributed by atoms with Crippen LogP contribution in [0.25, 0.3) is 12.2 Å². The normalized spacial score (nSPS) is 18.3. The molecule has 2 aromatic heterocycles. The summed E-state index contributed by atoms with van der Waals surface area (Å²) in [7, 11) is 0. The molecule has 166 valence electrons. The number of esters is 2. The van der Waals surface area contributed by atoms with Gasteiger partial charge in [0.1, 0.15) is 19.8 Å². The Morgan fingerprint density at radius 1 is 0.844 bits per heavy atom. The second-order valence-electron chi connectivity index (χ2n) is 6.06. The van der Waals surface area contributed by atoms with Crippen LogP contribution < -0.4 is 10.6 Å². The first-order valence-electron chi connectivity index (χ1n) is 9.54. The first-order valence-corrected chi connectivity index (χ1v) is 12.9. The minimum Gasteiger partial charge on any atom is -0.462 e. The van der Waals surface area contributed by atoms with Crippen molar-refractivity contribution in [2.45, 2.75) is 13.8 Å². The van der Waals surface area contributed by atoms with Crippen LogP contribution in [-0.2, 0) is 19.1 Å². The van der Waals surface area contributed by atoms with Gasteiger partial charge in [-0.05, 0) is 13.8 Å². The van der Waals surface area contributed by atoms with Crippen LogP contribution in [0.3, 0.4) is 0 Å².